The van der Waals surface area contributed by atoms with Crippen LogP contribution in [0, 0.1) is 0 Å². The maximum atomic E-state index is 3.82. The Hall–Kier alpha value is -1.12. The molecule has 2 aromatic rings. The number of rotatable bonds is 6. The molecule has 112 valence electrons. The minimum atomic E-state index is 0.570. The van der Waals surface area contributed by atoms with E-state index in [9.17, 15) is 0 Å². The number of hydrogen-bond donors (Lipinski definition) is 1. The van der Waals surface area contributed by atoms with Crippen LogP contribution in [0.25, 0.3) is 0 Å². The van der Waals surface area contributed by atoms with Crippen molar-refractivity contribution in [2.24, 2.45) is 0 Å². The first-order valence-electron chi connectivity index (χ1n) is 8.22. The normalized spacial score (nSPS) is 19.2. The number of fused-ring (bicyclic) bond motifs is 1. The summed E-state index contributed by atoms with van der Waals surface area (Å²) in [5, 5.41) is 6.10. The van der Waals surface area contributed by atoms with E-state index in [1.54, 1.807) is 10.4 Å². The van der Waals surface area contributed by atoms with Crippen molar-refractivity contribution in [2.45, 2.75) is 51.0 Å². The zero-order chi connectivity index (χ0) is 14.5. The Bertz CT molecular complexity index is 546. The summed E-state index contributed by atoms with van der Waals surface area (Å²) >= 11 is 1.95. The summed E-state index contributed by atoms with van der Waals surface area (Å²) in [7, 11) is 0. The van der Waals surface area contributed by atoms with Crippen LogP contribution in [-0.4, -0.2) is 12.6 Å². The predicted molar refractivity (Wildman–Crippen MR) is 92.2 cm³/mol. The molecule has 1 aliphatic carbocycles. The molecule has 1 nitrogen and oxygen atoms in total. The maximum Gasteiger partial charge on any atom is 0.0177 e. The van der Waals surface area contributed by atoms with E-state index in [0.29, 0.717) is 12.0 Å². The lowest BCUT2D eigenvalue weighted by Gasteiger charge is -2.32. The standard InChI is InChI=1S/C19H25NS/c1-2-12-20-18(14-15-7-4-3-5-8-15)16-9-6-10-19-17(16)11-13-21-19/h3-5,7-8,11,13,16,18,20H,2,6,9-10,12,14H2,1H3. The smallest absolute Gasteiger partial charge is 0.0177 e. The van der Waals surface area contributed by atoms with Gasteiger partial charge in [0.2, 0.25) is 0 Å². The number of thiophene rings is 1. The Morgan fingerprint density at radius 3 is 2.90 bits per heavy atom. The van der Waals surface area contributed by atoms with Crippen LogP contribution in [0.1, 0.15) is 48.1 Å². The van der Waals surface area contributed by atoms with Gasteiger partial charge in [-0.25, -0.2) is 0 Å². The molecule has 0 radical (unpaired) electrons. The van der Waals surface area contributed by atoms with Crippen LogP contribution in [0.4, 0.5) is 0 Å². The Morgan fingerprint density at radius 1 is 1.24 bits per heavy atom. The van der Waals surface area contributed by atoms with Crippen LogP contribution in [0.3, 0.4) is 0 Å². The lowest BCUT2D eigenvalue weighted by molar-refractivity contribution is 0.391. The molecule has 0 aliphatic heterocycles. The number of hydrogen-bond acceptors (Lipinski definition) is 2. The first-order valence-corrected chi connectivity index (χ1v) is 9.10. The van der Waals surface area contributed by atoms with E-state index in [2.05, 4.69) is 54.0 Å². The third-order valence-corrected chi connectivity index (χ3v) is 5.54. The molecule has 0 spiro atoms. The predicted octanol–water partition coefficient (Wildman–Crippen LogP) is 4.78. The van der Waals surface area contributed by atoms with Crippen molar-refractivity contribution in [3.63, 3.8) is 0 Å². The summed E-state index contributed by atoms with van der Waals surface area (Å²) in [6, 6.07) is 13.9. The maximum absolute atomic E-state index is 3.82. The number of aryl methyl sites for hydroxylation is 1. The van der Waals surface area contributed by atoms with Gasteiger partial charge in [-0.3, -0.25) is 0 Å². The van der Waals surface area contributed by atoms with Crippen LogP contribution in [0.15, 0.2) is 41.8 Å². The van der Waals surface area contributed by atoms with Crippen LogP contribution < -0.4 is 5.32 Å². The van der Waals surface area contributed by atoms with Gasteiger partial charge in [0.05, 0.1) is 0 Å². The molecule has 2 unspecified atom stereocenters. The van der Waals surface area contributed by atoms with Gasteiger partial charge in [-0.15, -0.1) is 11.3 Å². The quantitative estimate of drug-likeness (QED) is 0.809. The van der Waals surface area contributed by atoms with Gasteiger partial charge in [0.1, 0.15) is 0 Å². The lowest BCUT2D eigenvalue weighted by Crippen LogP contribution is -2.38. The highest BCUT2D eigenvalue weighted by atomic mass is 32.1. The van der Waals surface area contributed by atoms with Crippen LogP contribution in [-0.2, 0) is 12.8 Å². The van der Waals surface area contributed by atoms with Crippen molar-refractivity contribution in [1.82, 2.24) is 5.32 Å². The molecular weight excluding hydrogens is 274 g/mol. The summed E-state index contributed by atoms with van der Waals surface area (Å²) < 4.78 is 0. The van der Waals surface area contributed by atoms with E-state index in [-0.39, 0.29) is 0 Å². The van der Waals surface area contributed by atoms with Gasteiger partial charge < -0.3 is 5.32 Å². The van der Waals surface area contributed by atoms with Gasteiger partial charge in [-0.2, -0.15) is 0 Å². The lowest BCUT2D eigenvalue weighted by atomic mass is 9.80. The van der Waals surface area contributed by atoms with Crippen molar-refractivity contribution < 1.29 is 0 Å². The molecule has 1 aromatic heterocycles. The third kappa shape index (κ3) is 3.56. The molecule has 0 amide bonds. The van der Waals surface area contributed by atoms with Crippen molar-refractivity contribution in [2.75, 3.05) is 6.54 Å². The summed E-state index contributed by atoms with van der Waals surface area (Å²) in [5.41, 5.74) is 3.07. The highest BCUT2D eigenvalue weighted by molar-refractivity contribution is 7.10. The monoisotopic (exact) mass is 299 g/mol. The number of benzene rings is 1. The summed E-state index contributed by atoms with van der Waals surface area (Å²) in [6.07, 6.45) is 6.31. The zero-order valence-electron chi connectivity index (χ0n) is 12.8. The number of nitrogens with one attached hydrogen (secondary N) is 1. The molecule has 21 heavy (non-hydrogen) atoms. The molecule has 1 heterocycles. The highest BCUT2D eigenvalue weighted by Crippen LogP contribution is 2.37. The highest BCUT2D eigenvalue weighted by Gasteiger charge is 2.28. The Morgan fingerprint density at radius 2 is 2.10 bits per heavy atom. The largest absolute Gasteiger partial charge is 0.313 e. The van der Waals surface area contributed by atoms with Gasteiger partial charge in [0.15, 0.2) is 0 Å². The van der Waals surface area contributed by atoms with Crippen LogP contribution in [0.5, 0.6) is 0 Å². The third-order valence-electron chi connectivity index (χ3n) is 4.54. The van der Waals surface area contributed by atoms with Crippen molar-refractivity contribution in [3.8, 4) is 0 Å². The molecular formula is C19H25NS. The summed E-state index contributed by atoms with van der Waals surface area (Å²) in [6.45, 7) is 3.37. The van der Waals surface area contributed by atoms with E-state index in [4.69, 9.17) is 0 Å². The van der Waals surface area contributed by atoms with Crippen LogP contribution in [0.2, 0.25) is 0 Å². The minimum Gasteiger partial charge on any atom is -0.313 e. The van der Waals surface area contributed by atoms with E-state index in [1.165, 1.54) is 31.2 Å². The second-order valence-electron chi connectivity index (χ2n) is 6.05. The van der Waals surface area contributed by atoms with E-state index in [1.807, 2.05) is 11.3 Å². The SMILES string of the molecule is CCCNC(Cc1ccccc1)C1CCCc2sccc21. The Kier molecular flexibility index (Phi) is 5.10. The molecule has 0 fully saturated rings. The molecule has 1 aromatic carbocycles. The van der Waals surface area contributed by atoms with E-state index in [0.717, 1.165) is 13.0 Å². The average molecular weight is 299 g/mol. The van der Waals surface area contributed by atoms with Crippen molar-refractivity contribution in [3.05, 3.63) is 57.8 Å². The van der Waals surface area contributed by atoms with Gasteiger partial charge in [0.25, 0.3) is 0 Å². The van der Waals surface area contributed by atoms with Gasteiger partial charge in [-0.1, -0.05) is 37.3 Å². The van der Waals surface area contributed by atoms with Gasteiger partial charge >= 0.3 is 0 Å². The van der Waals surface area contributed by atoms with E-state index >= 15 is 0 Å². The molecule has 2 atom stereocenters. The molecule has 0 saturated carbocycles. The zero-order valence-corrected chi connectivity index (χ0v) is 13.7. The fourth-order valence-electron chi connectivity index (χ4n) is 3.49. The first kappa shape index (κ1) is 14.8. The molecule has 3 rings (SSSR count). The average Bonchev–Trinajstić information content (AvgIpc) is 3.01. The first-order chi connectivity index (χ1) is 10.4. The minimum absolute atomic E-state index is 0.570. The second kappa shape index (κ2) is 7.24. The Balaban J connectivity index is 1.80. The molecule has 1 N–H and O–H groups in total. The van der Waals surface area contributed by atoms with Crippen LogP contribution >= 0.6 is 11.3 Å². The molecule has 2 heteroatoms. The topological polar surface area (TPSA) is 12.0 Å². The summed E-state index contributed by atoms with van der Waals surface area (Å²) in [4.78, 5) is 1.63. The molecule has 0 bridgehead atoms. The fourth-order valence-corrected chi connectivity index (χ4v) is 4.49. The molecule has 0 saturated heterocycles. The Labute approximate surface area is 132 Å². The van der Waals surface area contributed by atoms with Crippen molar-refractivity contribution >= 4 is 11.3 Å². The fraction of sp³-hybridized carbons (Fsp3) is 0.474. The second-order valence-corrected chi connectivity index (χ2v) is 7.05. The van der Waals surface area contributed by atoms with Gasteiger partial charge in [0, 0.05) is 16.8 Å². The van der Waals surface area contributed by atoms with Gasteiger partial charge in [-0.05, 0) is 61.2 Å². The molecule has 1 aliphatic rings. The van der Waals surface area contributed by atoms with Crippen molar-refractivity contribution in [1.29, 1.82) is 0 Å². The van der Waals surface area contributed by atoms with E-state index < -0.39 is 0 Å². The summed E-state index contributed by atoms with van der Waals surface area (Å²) in [5.74, 6) is 0.687.